The van der Waals surface area contributed by atoms with Crippen LogP contribution in [0.1, 0.15) is 61.6 Å². The zero-order chi connectivity index (χ0) is 31.1. The lowest BCUT2D eigenvalue weighted by Gasteiger charge is -2.45. The number of carbonyl (C=O) groups excluding carboxylic acids is 2. The number of aliphatic carboxylic acids is 1. The highest BCUT2D eigenvalue weighted by Gasteiger charge is 2.43. The number of rotatable bonds is 7. The molecule has 1 saturated heterocycles. The average Bonchev–Trinajstić information content (AvgIpc) is 2.94. The third kappa shape index (κ3) is 6.23. The first-order valence-corrected chi connectivity index (χ1v) is 14.4. The predicted octanol–water partition coefficient (Wildman–Crippen LogP) is 5.80. The molecule has 226 valence electrons. The van der Waals surface area contributed by atoms with E-state index < -0.39 is 35.0 Å². The molecule has 0 unspecified atom stereocenters. The van der Waals surface area contributed by atoms with Crippen LogP contribution in [0.4, 0.5) is 14.5 Å². The molecule has 1 N–H and O–H groups in total. The number of carboxylic acids is 1. The van der Waals surface area contributed by atoms with Crippen molar-refractivity contribution in [1.82, 2.24) is 9.88 Å². The van der Waals surface area contributed by atoms with Crippen LogP contribution in [0.5, 0.6) is 5.75 Å². The third-order valence-corrected chi connectivity index (χ3v) is 8.11. The maximum atomic E-state index is 15.4. The number of amides is 2. The fraction of sp³-hybridized carbons (Fsp3) is 0.394. The normalized spacial score (nSPS) is 17.4. The Hall–Kier alpha value is -4.34. The van der Waals surface area contributed by atoms with Crippen molar-refractivity contribution in [2.75, 3.05) is 18.0 Å². The number of carbonyl (C=O) groups is 3. The second-order valence-corrected chi connectivity index (χ2v) is 12.1. The van der Waals surface area contributed by atoms with Crippen molar-refractivity contribution in [2.45, 2.75) is 65.5 Å². The van der Waals surface area contributed by atoms with Gasteiger partial charge in [0.25, 0.3) is 5.91 Å². The summed E-state index contributed by atoms with van der Waals surface area (Å²) < 4.78 is 35.2. The molecule has 0 bridgehead atoms. The second-order valence-electron chi connectivity index (χ2n) is 12.1. The van der Waals surface area contributed by atoms with Crippen LogP contribution in [0.3, 0.4) is 0 Å². The van der Waals surface area contributed by atoms with Crippen molar-refractivity contribution in [1.29, 1.82) is 0 Å². The van der Waals surface area contributed by atoms with Crippen LogP contribution < -0.4 is 9.64 Å². The van der Waals surface area contributed by atoms with Crippen LogP contribution in [0.25, 0.3) is 11.1 Å². The Morgan fingerprint density at radius 1 is 1.12 bits per heavy atom. The molecular weight excluding hydrogens is 556 g/mol. The molecule has 1 atom stereocenters. The average molecular weight is 592 g/mol. The van der Waals surface area contributed by atoms with Crippen molar-refractivity contribution < 1.29 is 33.0 Å². The molecule has 8 nitrogen and oxygen atoms in total. The van der Waals surface area contributed by atoms with Gasteiger partial charge < -0.3 is 19.6 Å². The van der Waals surface area contributed by atoms with Gasteiger partial charge in [-0.2, -0.15) is 0 Å². The van der Waals surface area contributed by atoms with E-state index in [1.807, 2.05) is 37.9 Å². The van der Waals surface area contributed by atoms with E-state index in [0.29, 0.717) is 37.9 Å². The number of fused-ring (bicyclic) bond motifs is 1. The molecule has 2 aliphatic heterocycles. The van der Waals surface area contributed by atoms with Crippen molar-refractivity contribution >= 4 is 23.5 Å². The van der Waals surface area contributed by atoms with Gasteiger partial charge in [0.1, 0.15) is 23.5 Å². The summed E-state index contributed by atoms with van der Waals surface area (Å²) in [6, 6.07) is 9.66. The molecule has 2 amide bonds. The van der Waals surface area contributed by atoms with Crippen molar-refractivity contribution in [3.8, 4) is 16.9 Å². The van der Waals surface area contributed by atoms with Gasteiger partial charge in [-0.25, -0.2) is 8.78 Å². The fourth-order valence-corrected chi connectivity index (χ4v) is 5.91. The topological polar surface area (TPSA) is 100 Å². The first kappa shape index (κ1) is 30.1. The number of aryl methyl sites for hydroxylation is 1. The number of aromatic nitrogens is 1. The van der Waals surface area contributed by atoms with Gasteiger partial charge in [0.2, 0.25) is 5.91 Å². The number of hydrogen-bond acceptors (Lipinski definition) is 5. The van der Waals surface area contributed by atoms with Crippen LogP contribution >= 0.6 is 0 Å². The van der Waals surface area contributed by atoms with Gasteiger partial charge in [-0.15, -0.1) is 0 Å². The monoisotopic (exact) mass is 591 g/mol. The minimum atomic E-state index is -1.04. The minimum absolute atomic E-state index is 0.0388. The Balaban J connectivity index is 1.32. The summed E-state index contributed by atoms with van der Waals surface area (Å²) in [5.74, 6) is -2.59. The lowest BCUT2D eigenvalue weighted by molar-refractivity contribution is -0.138. The van der Waals surface area contributed by atoms with E-state index in [1.165, 1.54) is 30.3 Å². The van der Waals surface area contributed by atoms with Gasteiger partial charge in [-0.1, -0.05) is 19.9 Å². The van der Waals surface area contributed by atoms with Crippen molar-refractivity contribution in [2.24, 2.45) is 5.41 Å². The number of hydrogen-bond donors (Lipinski definition) is 1. The van der Waals surface area contributed by atoms with Crippen LogP contribution in [-0.4, -0.2) is 58.0 Å². The molecule has 0 saturated carbocycles. The first-order valence-electron chi connectivity index (χ1n) is 14.4. The van der Waals surface area contributed by atoms with Gasteiger partial charge in [-0.3, -0.25) is 19.4 Å². The molecule has 43 heavy (non-hydrogen) atoms. The van der Waals surface area contributed by atoms with Crippen LogP contribution in [0.2, 0.25) is 0 Å². The molecule has 0 aliphatic carbocycles. The number of halogens is 2. The smallest absolute Gasteiger partial charge is 0.307 e. The largest absolute Gasteiger partial charge is 0.489 e. The van der Waals surface area contributed by atoms with E-state index in [1.54, 1.807) is 11.8 Å². The zero-order valence-corrected chi connectivity index (χ0v) is 24.7. The molecule has 0 radical (unpaired) electrons. The maximum Gasteiger partial charge on any atom is 0.307 e. The van der Waals surface area contributed by atoms with Gasteiger partial charge >= 0.3 is 5.97 Å². The summed E-state index contributed by atoms with van der Waals surface area (Å²) in [4.78, 5) is 46.0. The number of benzene rings is 2. The first-order chi connectivity index (χ1) is 20.3. The molecule has 3 heterocycles. The lowest BCUT2D eigenvalue weighted by Crippen LogP contribution is -2.55. The van der Waals surface area contributed by atoms with E-state index >= 15 is 4.39 Å². The highest BCUT2D eigenvalue weighted by Crippen LogP contribution is 2.40. The zero-order valence-electron chi connectivity index (χ0n) is 24.7. The van der Waals surface area contributed by atoms with E-state index in [4.69, 9.17) is 9.84 Å². The van der Waals surface area contributed by atoms with Crippen LogP contribution in [0.15, 0.2) is 48.7 Å². The standard InChI is InChI=1S/C33H35F2N3O5/c1-19-13-28-27(36-18-19)17-33(3,4)32(42)38(28)23-9-11-37(12-10-23)31(41)24-7-5-21(15-26(24)35)25-16-22(34)6-8-29(25)43-20(2)14-30(39)40/h5-8,13,15-16,18,20,23H,9-12,14,17H2,1-4H3,(H,39,40)/t20-/m1/s1. The lowest BCUT2D eigenvalue weighted by atomic mass is 9.80. The molecular formula is C33H35F2N3O5. The van der Waals surface area contributed by atoms with E-state index in [0.717, 1.165) is 23.0 Å². The fourth-order valence-electron chi connectivity index (χ4n) is 5.91. The van der Waals surface area contributed by atoms with E-state index in [-0.39, 0.29) is 35.2 Å². The third-order valence-electron chi connectivity index (χ3n) is 8.11. The summed E-state index contributed by atoms with van der Waals surface area (Å²) in [5, 5.41) is 9.04. The summed E-state index contributed by atoms with van der Waals surface area (Å²) in [6.45, 7) is 8.07. The van der Waals surface area contributed by atoms with E-state index in [9.17, 15) is 18.8 Å². The molecule has 1 aromatic heterocycles. The van der Waals surface area contributed by atoms with Gasteiger partial charge in [0.15, 0.2) is 0 Å². The number of likely N-dealkylation sites (tertiary alicyclic amines) is 1. The van der Waals surface area contributed by atoms with Crippen LogP contribution in [0, 0.1) is 24.0 Å². The SMILES string of the molecule is Cc1cnc2c(c1)N(C1CCN(C(=O)c3ccc(-c4cc(F)ccc4O[C@H](C)CC(=O)O)cc3F)CC1)C(=O)C(C)(C)C2. The second kappa shape index (κ2) is 11.7. The van der Waals surface area contributed by atoms with Gasteiger partial charge in [0, 0.05) is 42.7 Å². The Morgan fingerprint density at radius 3 is 2.51 bits per heavy atom. The molecule has 5 rings (SSSR count). The number of carboxylic acid groups (broad SMARTS) is 1. The van der Waals surface area contributed by atoms with Crippen LogP contribution in [-0.2, 0) is 16.0 Å². The maximum absolute atomic E-state index is 15.4. The molecule has 0 spiro atoms. The molecule has 10 heteroatoms. The van der Waals surface area contributed by atoms with Crippen molar-refractivity contribution in [3.05, 3.63) is 77.1 Å². The summed E-state index contributed by atoms with van der Waals surface area (Å²) in [6.07, 6.45) is 2.50. The Kier molecular flexibility index (Phi) is 8.23. The quantitative estimate of drug-likeness (QED) is 0.373. The number of pyridine rings is 1. The van der Waals surface area contributed by atoms with Crippen molar-refractivity contribution in [3.63, 3.8) is 0 Å². The number of anilines is 1. The molecule has 2 aliphatic rings. The van der Waals surface area contributed by atoms with Gasteiger partial charge in [-0.05, 0) is 74.2 Å². The number of piperidine rings is 1. The molecule has 1 fully saturated rings. The highest BCUT2D eigenvalue weighted by atomic mass is 19.1. The molecule has 2 aromatic carbocycles. The summed E-state index contributed by atoms with van der Waals surface area (Å²) >= 11 is 0. The summed E-state index contributed by atoms with van der Waals surface area (Å²) in [5.41, 5.74) is 2.52. The molecule has 3 aromatic rings. The Labute approximate surface area is 249 Å². The number of nitrogens with zero attached hydrogens (tertiary/aromatic N) is 3. The predicted molar refractivity (Wildman–Crippen MR) is 157 cm³/mol. The Morgan fingerprint density at radius 2 is 1.84 bits per heavy atom. The van der Waals surface area contributed by atoms with Gasteiger partial charge in [0.05, 0.1) is 23.4 Å². The highest BCUT2D eigenvalue weighted by molar-refractivity contribution is 6.00. The Bertz CT molecular complexity index is 1580. The minimum Gasteiger partial charge on any atom is -0.489 e. The summed E-state index contributed by atoms with van der Waals surface area (Å²) in [7, 11) is 0. The number of ether oxygens (including phenoxy) is 1. The van der Waals surface area contributed by atoms with E-state index in [2.05, 4.69) is 4.98 Å².